The van der Waals surface area contributed by atoms with E-state index in [1.54, 1.807) is 24.0 Å². The number of anilines is 1. The topological polar surface area (TPSA) is 76.2 Å². The fourth-order valence-corrected chi connectivity index (χ4v) is 5.26. The van der Waals surface area contributed by atoms with Crippen LogP contribution >= 0.6 is 0 Å². The zero-order valence-electron chi connectivity index (χ0n) is 18.0. The van der Waals surface area contributed by atoms with E-state index in [2.05, 4.69) is 10.2 Å². The third kappa shape index (κ3) is 5.29. The average molecular weight is 442 g/mol. The lowest BCUT2D eigenvalue weighted by atomic mass is 10.2. The molecule has 1 N–H and O–H groups in total. The smallest absolute Gasteiger partial charge is 0.321 e. The van der Waals surface area contributed by atoms with Crippen LogP contribution < -0.4 is 5.32 Å². The van der Waals surface area contributed by atoms with Crippen LogP contribution in [0.3, 0.4) is 0 Å². The van der Waals surface area contributed by atoms with Crippen molar-refractivity contribution in [3.05, 3.63) is 29.6 Å². The van der Waals surface area contributed by atoms with Gasteiger partial charge in [-0.1, -0.05) is 6.07 Å². The maximum Gasteiger partial charge on any atom is 0.321 e. The van der Waals surface area contributed by atoms with Gasteiger partial charge in [-0.05, 0) is 57.0 Å². The number of rotatable bonds is 7. The minimum Gasteiger partial charge on any atom is -0.323 e. The van der Waals surface area contributed by atoms with Crippen molar-refractivity contribution in [2.75, 3.05) is 58.7 Å². The number of benzene rings is 1. The molecule has 0 unspecified atom stereocenters. The summed E-state index contributed by atoms with van der Waals surface area (Å²) in [5.41, 5.74) is 0.898. The molecule has 1 aromatic rings. The summed E-state index contributed by atoms with van der Waals surface area (Å²) >= 11 is 0. The number of urea groups is 1. The molecule has 0 aromatic heterocycles. The first kappa shape index (κ1) is 22.9. The van der Waals surface area contributed by atoms with Crippen LogP contribution in [-0.2, 0) is 10.2 Å². The Morgan fingerprint density at radius 1 is 1.23 bits per heavy atom. The second-order valence-electron chi connectivity index (χ2n) is 8.23. The third-order valence-electron chi connectivity index (χ3n) is 5.87. The Hall–Kier alpha value is -1.75. The van der Waals surface area contributed by atoms with E-state index in [0.717, 1.165) is 25.9 Å². The molecular weight excluding hydrogens is 409 g/mol. The number of hydrogen-bond donors (Lipinski definition) is 1. The molecule has 1 atom stereocenters. The lowest BCUT2D eigenvalue weighted by Gasteiger charge is -2.32. The molecule has 0 spiro atoms. The van der Waals surface area contributed by atoms with Crippen LogP contribution in [-0.4, -0.2) is 92.3 Å². The lowest BCUT2D eigenvalue weighted by molar-refractivity contribution is 0.214. The van der Waals surface area contributed by atoms with E-state index in [-0.39, 0.29) is 17.9 Å². The van der Waals surface area contributed by atoms with E-state index in [9.17, 15) is 17.6 Å². The van der Waals surface area contributed by atoms with Crippen LogP contribution in [0.15, 0.2) is 18.2 Å². The maximum absolute atomic E-state index is 13.7. The Morgan fingerprint density at radius 3 is 2.57 bits per heavy atom. The summed E-state index contributed by atoms with van der Waals surface area (Å²) in [5, 5.41) is 2.71. The van der Waals surface area contributed by atoms with Crippen molar-refractivity contribution >= 4 is 21.9 Å². The van der Waals surface area contributed by atoms with Crippen molar-refractivity contribution in [1.29, 1.82) is 0 Å². The van der Waals surface area contributed by atoms with Crippen LogP contribution in [0.25, 0.3) is 0 Å². The standard InChI is InChI=1S/C20H32FN5O3S/c1-16-6-7-17(14-19(16)21)22-20(27)25-11-8-18(15-25)26(30(28,29)23(2)3)13-12-24-9-4-5-10-24/h6-7,14,18H,4-5,8-13,15H2,1-3H3,(H,22,27)/t18-/m0/s1. The summed E-state index contributed by atoms with van der Waals surface area (Å²) in [6, 6.07) is 3.94. The highest BCUT2D eigenvalue weighted by atomic mass is 32.2. The summed E-state index contributed by atoms with van der Waals surface area (Å²) in [4.78, 5) is 16.5. The third-order valence-corrected chi connectivity index (χ3v) is 7.87. The molecule has 2 heterocycles. The number of nitrogens with one attached hydrogen (secondary N) is 1. The molecular formula is C20H32FN5O3S. The number of amides is 2. The first-order chi connectivity index (χ1) is 14.2. The van der Waals surface area contributed by atoms with Gasteiger partial charge in [0.2, 0.25) is 0 Å². The van der Waals surface area contributed by atoms with Crippen molar-refractivity contribution in [3.8, 4) is 0 Å². The highest BCUT2D eigenvalue weighted by Gasteiger charge is 2.37. The molecule has 8 nitrogen and oxygen atoms in total. The van der Waals surface area contributed by atoms with E-state index >= 15 is 0 Å². The van der Waals surface area contributed by atoms with Crippen molar-refractivity contribution in [2.24, 2.45) is 0 Å². The predicted octanol–water partition coefficient (Wildman–Crippen LogP) is 1.94. The van der Waals surface area contributed by atoms with Crippen molar-refractivity contribution < 1.29 is 17.6 Å². The number of likely N-dealkylation sites (tertiary alicyclic amines) is 2. The van der Waals surface area contributed by atoms with Gasteiger partial charge in [0.1, 0.15) is 5.82 Å². The number of nitrogens with zero attached hydrogens (tertiary/aromatic N) is 4. The number of carbonyl (C=O) groups excluding carboxylic acids is 1. The molecule has 30 heavy (non-hydrogen) atoms. The second-order valence-corrected chi connectivity index (χ2v) is 10.3. The molecule has 2 saturated heterocycles. The molecule has 2 amide bonds. The molecule has 1 aromatic carbocycles. The highest BCUT2D eigenvalue weighted by molar-refractivity contribution is 7.86. The summed E-state index contributed by atoms with van der Waals surface area (Å²) in [6.45, 7) is 5.53. The molecule has 2 fully saturated rings. The van der Waals surface area contributed by atoms with E-state index in [1.807, 2.05) is 0 Å². The SMILES string of the molecule is Cc1ccc(NC(=O)N2CC[C@H](N(CCN3CCCC3)S(=O)(=O)N(C)C)C2)cc1F. The van der Waals surface area contributed by atoms with E-state index in [0.29, 0.717) is 43.9 Å². The van der Waals surface area contributed by atoms with Gasteiger partial charge in [0.15, 0.2) is 0 Å². The van der Waals surface area contributed by atoms with Gasteiger partial charge in [0.25, 0.3) is 10.2 Å². The Labute approximate surface area is 178 Å². The molecule has 2 aliphatic heterocycles. The maximum atomic E-state index is 13.7. The minimum absolute atomic E-state index is 0.277. The monoisotopic (exact) mass is 441 g/mol. The van der Waals surface area contributed by atoms with Gasteiger partial charge < -0.3 is 15.1 Å². The average Bonchev–Trinajstić information content (AvgIpc) is 3.37. The van der Waals surface area contributed by atoms with Crippen molar-refractivity contribution in [2.45, 2.75) is 32.2 Å². The summed E-state index contributed by atoms with van der Waals surface area (Å²) in [6.07, 6.45) is 2.87. The van der Waals surface area contributed by atoms with E-state index in [1.165, 1.54) is 28.8 Å². The van der Waals surface area contributed by atoms with Gasteiger partial charge in [-0.25, -0.2) is 9.18 Å². The molecule has 3 rings (SSSR count). The number of carbonyl (C=O) groups is 1. The fraction of sp³-hybridized carbons (Fsp3) is 0.650. The molecule has 168 valence electrons. The number of hydrogen-bond acceptors (Lipinski definition) is 4. The van der Waals surface area contributed by atoms with Crippen LogP contribution in [0.5, 0.6) is 0 Å². The molecule has 0 radical (unpaired) electrons. The summed E-state index contributed by atoms with van der Waals surface area (Å²) in [7, 11) is -0.538. The highest BCUT2D eigenvalue weighted by Crippen LogP contribution is 2.22. The van der Waals surface area contributed by atoms with Gasteiger partial charge in [0, 0.05) is 52.0 Å². The summed E-state index contributed by atoms with van der Waals surface area (Å²) in [5.74, 6) is -0.378. The van der Waals surface area contributed by atoms with E-state index in [4.69, 9.17) is 0 Å². The number of aryl methyl sites for hydroxylation is 1. The van der Waals surface area contributed by atoms with Gasteiger partial charge in [-0.15, -0.1) is 0 Å². The van der Waals surface area contributed by atoms with Gasteiger partial charge in [-0.2, -0.15) is 17.0 Å². The van der Waals surface area contributed by atoms with E-state index < -0.39 is 10.2 Å². The van der Waals surface area contributed by atoms with Crippen LogP contribution in [0.2, 0.25) is 0 Å². The molecule has 2 aliphatic rings. The molecule has 0 aliphatic carbocycles. The number of halogens is 1. The molecule has 10 heteroatoms. The predicted molar refractivity (Wildman–Crippen MR) is 115 cm³/mol. The van der Waals surface area contributed by atoms with Gasteiger partial charge in [0.05, 0.1) is 0 Å². The van der Waals surface area contributed by atoms with Gasteiger partial charge in [-0.3, -0.25) is 0 Å². The van der Waals surface area contributed by atoms with Crippen LogP contribution in [0.4, 0.5) is 14.9 Å². The van der Waals surface area contributed by atoms with Crippen molar-refractivity contribution in [3.63, 3.8) is 0 Å². The van der Waals surface area contributed by atoms with Crippen LogP contribution in [0.1, 0.15) is 24.8 Å². The quantitative estimate of drug-likeness (QED) is 0.702. The van der Waals surface area contributed by atoms with Crippen LogP contribution in [0, 0.1) is 12.7 Å². The first-order valence-corrected chi connectivity index (χ1v) is 11.8. The fourth-order valence-electron chi connectivity index (χ4n) is 3.98. The second kappa shape index (κ2) is 9.59. The Balaban J connectivity index is 1.65. The Kier molecular flexibility index (Phi) is 7.33. The summed E-state index contributed by atoms with van der Waals surface area (Å²) < 4.78 is 42.4. The zero-order chi connectivity index (χ0) is 21.9. The molecule has 0 bridgehead atoms. The Morgan fingerprint density at radius 2 is 1.93 bits per heavy atom. The Bertz CT molecular complexity index is 858. The first-order valence-electron chi connectivity index (χ1n) is 10.4. The van der Waals surface area contributed by atoms with Gasteiger partial charge >= 0.3 is 6.03 Å². The molecule has 0 saturated carbocycles. The zero-order valence-corrected chi connectivity index (χ0v) is 18.8. The lowest BCUT2D eigenvalue weighted by Crippen LogP contribution is -2.50. The minimum atomic E-state index is -3.60. The normalized spacial score (nSPS) is 20.5. The largest absolute Gasteiger partial charge is 0.323 e. The van der Waals surface area contributed by atoms with Crippen molar-refractivity contribution in [1.82, 2.24) is 18.4 Å².